The minimum atomic E-state index is -0.203. The van der Waals surface area contributed by atoms with E-state index in [0.717, 1.165) is 27.0 Å². The Morgan fingerprint density at radius 1 is 1.38 bits per heavy atom. The molecular weight excluding hydrogens is 332 g/mol. The maximum Gasteiger partial charge on any atom is 0.310 e. The van der Waals surface area contributed by atoms with Crippen LogP contribution < -0.4 is 0 Å². The zero-order valence-electron chi connectivity index (χ0n) is 12.5. The Bertz CT molecular complexity index is 650. The summed E-state index contributed by atoms with van der Waals surface area (Å²) >= 11 is 3.47. The SMILES string of the molecule is CCOC(=O)Cc1c(C)nn(Cc2cccc(Br)c2)c1C. The average Bonchev–Trinajstić information content (AvgIpc) is 2.67. The van der Waals surface area contributed by atoms with Gasteiger partial charge in [0.2, 0.25) is 0 Å². The lowest BCUT2D eigenvalue weighted by atomic mass is 10.1. The van der Waals surface area contributed by atoms with Gasteiger partial charge in [-0.1, -0.05) is 28.1 Å². The fraction of sp³-hybridized carbons (Fsp3) is 0.375. The van der Waals surface area contributed by atoms with Crippen LogP contribution in [0.1, 0.15) is 29.4 Å². The van der Waals surface area contributed by atoms with Crippen LogP contribution in [0.25, 0.3) is 0 Å². The zero-order valence-corrected chi connectivity index (χ0v) is 14.1. The molecule has 1 heterocycles. The molecule has 0 N–H and O–H groups in total. The first-order valence-electron chi connectivity index (χ1n) is 6.94. The van der Waals surface area contributed by atoms with E-state index in [1.54, 1.807) is 0 Å². The summed E-state index contributed by atoms with van der Waals surface area (Å²) in [6.45, 7) is 6.83. The number of carbonyl (C=O) groups excluding carboxylic acids is 1. The highest BCUT2D eigenvalue weighted by molar-refractivity contribution is 9.10. The molecule has 0 bridgehead atoms. The van der Waals surface area contributed by atoms with Gasteiger partial charge in [-0.2, -0.15) is 5.10 Å². The fourth-order valence-corrected chi connectivity index (χ4v) is 2.76. The summed E-state index contributed by atoms with van der Waals surface area (Å²) in [5, 5.41) is 4.54. The van der Waals surface area contributed by atoms with Crippen LogP contribution in [0.4, 0.5) is 0 Å². The molecule has 0 aliphatic heterocycles. The number of nitrogens with zero attached hydrogens (tertiary/aromatic N) is 2. The van der Waals surface area contributed by atoms with Crippen molar-refractivity contribution in [2.75, 3.05) is 6.61 Å². The molecule has 2 rings (SSSR count). The minimum Gasteiger partial charge on any atom is -0.466 e. The number of hydrogen-bond donors (Lipinski definition) is 0. The highest BCUT2D eigenvalue weighted by atomic mass is 79.9. The third-order valence-corrected chi connectivity index (χ3v) is 3.87. The van der Waals surface area contributed by atoms with Crippen LogP contribution in [-0.2, 0) is 22.5 Å². The van der Waals surface area contributed by atoms with E-state index in [-0.39, 0.29) is 12.4 Å². The number of ether oxygens (including phenoxy) is 1. The van der Waals surface area contributed by atoms with Crippen molar-refractivity contribution in [3.05, 3.63) is 51.3 Å². The zero-order chi connectivity index (χ0) is 15.4. The standard InChI is InChI=1S/C16H19BrN2O2/c1-4-21-16(20)9-15-11(2)18-19(12(15)3)10-13-6-5-7-14(17)8-13/h5-8H,4,9-10H2,1-3H3. The van der Waals surface area contributed by atoms with Crippen LogP contribution >= 0.6 is 15.9 Å². The van der Waals surface area contributed by atoms with Gasteiger partial charge >= 0.3 is 5.97 Å². The molecule has 112 valence electrons. The molecule has 21 heavy (non-hydrogen) atoms. The molecule has 0 amide bonds. The molecule has 0 saturated carbocycles. The topological polar surface area (TPSA) is 44.1 Å². The van der Waals surface area contributed by atoms with Gasteiger partial charge in [-0.15, -0.1) is 0 Å². The summed E-state index contributed by atoms with van der Waals surface area (Å²) < 4.78 is 8.00. The highest BCUT2D eigenvalue weighted by Gasteiger charge is 2.15. The van der Waals surface area contributed by atoms with Crippen LogP contribution in [0.15, 0.2) is 28.7 Å². The molecule has 4 nitrogen and oxygen atoms in total. The maximum atomic E-state index is 11.7. The number of carbonyl (C=O) groups is 1. The first kappa shape index (κ1) is 15.8. The van der Waals surface area contributed by atoms with Gasteiger partial charge in [0.15, 0.2) is 0 Å². The van der Waals surface area contributed by atoms with Crippen LogP contribution in [0.5, 0.6) is 0 Å². The number of aromatic nitrogens is 2. The second kappa shape index (κ2) is 6.89. The lowest BCUT2D eigenvalue weighted by molar-refractivity contribution is -0.142. The molecule has 0 aliphatic rings. The van der Waals surface area contributed by atoms with Crippen LogP contribution in [0, 0.1) is 13.8 Å². The van der Waals surface area contributed by atoms with E-state index in [9.17, 15) is 4.79 Å². The smallest absolute Gasteiger partial charge is 0.310 e. The first-order chi connectivity index (χ1) is 10.0. The Labute approximate surface area is 133 Å². The lowest BCUT2D eigenvalue weighted by Crippen LogP contribution is -2.09. The van der Waals surface area contributed by atoms with E-state index >= 15 is 0 Å². The fourth-order valence-electron chi connectivity index (χ4n) is 2.31. The van der Waals surface area contributed by atoms with Crippen LogP contribution in [-0.4, -0.2) is 22.4 Å². The third-order valence-electron chi connectivity index (χ3n) is 3.38. The number of rotatable bonds is 5. The van der Waals surface area contributed by atoms with E-state index in [1.165, 1.54) is 0 Å². The summed E-state index contributed by atoms with van der Waals surface area (Å²) in [4.78, 5) is 11.7. The third kappa shape index (κ3) is 3.94. The molecular formula is C16H19BrN2O2. The first-order valence-corrected chi connectivity index (χ1v) is 7.73. The molecule has 0 spiro atoms. The summed E-state index contributed by atoms with van der Waals surface area (Å²) in [6.07, 6.45) is 0.282. The van der Waals surface area contributed by atoms with Crippen LogP contribution in [0.3, 0.4) is 0 Å². The summed E-state index contributed by atoms with van der Waals surface area (Å²) in [7, 11) is 0. The van der Waals surface area contributed by atoms with Gasteiger partial charge in [0.05, 0.1) is 25.3 Å². The predicted molar refractivity (Wildman–Crippen MR) is 85.3 cm³/mol. The Morgan fingerprint density at radius 2 is 2.14 bits per heavy atom. The van der Waals surface area contributed by atoms with E-state index in [0.29, 0.717) is 13.2 Å². The van der Waals surface area contributed by atoms with Crippen molar-refractivity contribution in [1.82, 2.24) is 9.78 Å². The van der Waals surface area contributed by atoms with Gasteiger partial charge in [-0.3, -0.25) is 9.48 Å². The molecule has 1 aromatic carbocycles. The number of aryl methyl sites for hydroxylation is 1. The van der Waals surface area contributed by atoms with Gasteiger partial charge in [0, 0.05) is 15.7 Å². The second-order valence-electron chi connectivity index (χ2n) is 4.92. The van der Waals surface area contributed by atoms with Gasteiger partial charge in [-0.25, -0.2) is 0 Å². The number of benzene rings is 1. The second-order valence-corrected chi connectivity index (χ2v) is 5.83. The summed E-state index contributed by atoms with van der Waals surface area (Å²) in [5.41, 5.74) is 4.03. The monoisotopic (exact) mass is 350 g/mol. The molecule has 0 radical (unpaired) electrons. The molecule has 0 aliphatic carbocycles. The summed E-state index contributed by atoms with van der Waals surface area (Å²) in [6, 6.07) is 8.13. The highest BCUT2D eigenvalue weighted by Crippen LogP contribution is 2.17. The van der Waals surface area contributed by atoms with Crippen molar-refractivity contribution in [2.45, 2.75) is 33.7 Å². The van der Waals surface area contributed by atoms with Gasteiger partial charge in [0.25, 0.3) is 0 Å². The average molecular weight is 351 g/mol. The Balaban J connectivity index is 2.20. The molecule has 0 fully saturated rings. The van der Waals surface area contributed by atoms with E-state index in [1.807, 2.05) is 37.6 Å². The lowest BCUT2D eigenvalue weighted by Gasteiger charge is -2.06. The number of halogens is 1. The van der Waals surface area contributed by atoms with E-state index in [4.69, 9.17) is 4.74 Å². The molecule has 0 saturated heterocycles. The number of esters is 1. The van der Waals surface area contributed by atoms with Gasteiger partial charge in [-0.05, 0) is 38.5 Å². The minimum absolute atomic E-state index is 0.203. The Kier molecular flexibility index (Phi) is 5.17. The van der Waals surface area contributed by atoms with Gasteiger partial charge < -0.3 is 4.74 Å². The van der Waals surface area contributed by atoms with Crippen molar-refractivity contribution in [1.29, 1.82) is 0 Å². The Hall–Kier alpha value is -1.62. The van der Waals surface area contributed by atoms with E-state index in [2.05, 4.69) is 33.2 Å². The Morgan fingerprint density at radius 3 is 2.81 bits per heavy atom. The molecule has 1 aromatic heterocycles. The molecule has 0 unspecified atom stereocenters. The van der Waals surface area contributed by atoms with Crippen molar-refractivity contribution in [2.24, 2.45) is 0 Å². The molecule has 0 atom stereocenters. The van der Waals surface area contributed by atoms with Crippen molar-refractivity contribution >= 4 is 21.9 Å². The quantitative estimate of drug-likeness (QED) is 0.776. The molecule has 2 aromatic rings. The molecule has 5 heteroatoms. The largest absolute Gasteiger partial charge is 0.466 e. The summed E-state index contributed by atoms with van der Waals surface area (Å²) in [5.74, 6) is -0.203. The van der Waals surface area contributed by atoms with Crippen LogP contribution in [0.2, 0.25) is 0 Å². The van der Waals surface area contributed by atoms with Crippen molar-refractivity contribution < 1.29 is 9.53 Å². The van der Waals surface area contributed by atoms with Crippen molar-refractivity contribution in [3.63, 3.8) is 0 Å². The maximum absolute atomic E-state index is 11.7. The predicted octanol–water partition coefficient (Wildman–Crippen LogP) is 3.42. The normalized spacial score (nSPS) is 10.7. The van der Waals surface area contributed by atoms with E-state index < -0.39 is 0 Å². The number of hydrogen-bond acceptors (Lipinski definition) is 3. The van der Waals surface area contributed by atoms with Gasteiger partial charge in [0.1, 0.15) is 0 Å². The van der Waals surface area contributed by atoms with Crippen molar-refractivity contribution in [3.8, 4) is 0 Å².